The van der Waals surface area contributed by atoms with Crippen molar-refractivity contribution in [2.45, 2.75) is 37.4 Å². The standard InChI is InChI=1S/C15H23N3O7S/c1-3-15(2,8-19)18-9(14(24)25)4-5-11(20)17-10(7-26)13(23)16-6-12(21)22/h3,8-10,18,26H,1,4-7H2,2H3,(H,16,23)(H,17,20)(H,21,22)(H,24,25)/t9-,10-,15?/m0/s1. The molecular formula is C15H23N3O7S. The average Bonchev–Trinajstić information content (AvgIpc) is 2.60. The van der Waals surface area contributed by atoms with Crippen LogP contribution in [0.3, 0.4) is 0 Å². The summed E-state index contributed by atoms with van der Waals surface area (Å²) in [5, 5.41) is 24.8. The first-order valence-corrected chi connectivity index (χ1v) is 8.22. The maximum atomic E-state index is 11.9. The van der Waals surface area contributed by atoms with Crippen molar-refractivity contribution >= 4 is 42.7 Å². The van der Waals surface area contributed by atoms with Gasteiger partial charge in [0.15, 0.2) is 0 Å². The largest absolute Gasteiger partial charge is 0.480 e. The van der Waals surface area contributed by atoms with E-state index in [0.29, 0.717) is 6.29 Å². The van der Waals surface area contributed by atoms with Crippen LogP contribution in [0.4, 0.5) is 0 Å². The summed E-state index contributed by atoms with van der Waals surface area (Å²) in [6.07, 6.45) is 1.36. The van der Waals surface area contributed by atoms with Crippen LogP contribution in [0.1, 0.15) is 19.8 Å². The van der Waals surface area contributed by atoms with Gasteiger partial charge in [-0.25, -0.2) is 0 Å². The maximum Gasteiger partial charge on any atom is 0.322 e. The Morgan fingerprint density at radius 1 is 1.23 bits per heavy atom. The minimum Gasteiger partial charge on any atom is -0.480 e. The third kappa shape index (κ3) is 8.62. The van der Waals surface area contributed by atoms with Gasteiger partial charge >= 0.3 is 11.9 Å². The van der Waals surface area contributed by atoms with E-state index in [1.807, 2.05) is 0 Å². The van der Waals surface area contributed by atoms with Crippen LogP contribution in [0.5, 0.6) is 0 Å². The Kier molecular flexibility index (Phi) is 10.2. The van der Waals surface area contributed by atoms with Gasteiger partial charge in [0.05, 0.1) is 5.54 Å². The topological polar surface area (TPSA) is 162 Å². The lowest BCUT2D eigenvalue weighted by Crippen LogP contribution is -2.52. The van der Waals surface area contributed by atoms with Crippen molar-refractivity contribution < 1.29 is 34.2 Å². The van der Waals surface area contributed by atoms with Crippen molar-refractivity contribution in [2.24, 2.45) is 0 Å². The molecule has 26 heavy (non-hydrogen) atoms. The molecule has 0 heterocycles. The van der Waals surface area contributed by atoms with E-state index in [1.165, 1.54) is 13.0 Å². The van der Waals surface area contributed by atoms with Crippen LogP contribution in [0.15, 0.2) is 12.7 Å². The van der Waals surface area contributed by atoms with Crippen LogP contribution in [-0.4, -0.2) is 70.2 Å². The normalized spacial score (nSPS) is 15.0. The molecule has 0 radical (unpaired) electrons. The van der Waals surface area contributed by atoms with Crippen LogP contribution in [0, 0.1) is 0 Å². The van der Waals surface area contributed by atoms with Gasteiger partial charge in [0.25, 0.3) is 0 Å². The predicted molar refractivity (Wildman–Crippen MR) is 94.9 cm³/mol. The molecule has 146 valence electrons. The first kappa shape index (κ1) is 23.6. The maximum absolute atomic E-state index is 11.9. The van der Waals surface area contributed by atoms with Crippen LogP contribution >= 0.6 is 12.6 Å². The van der Waals surface area contributed by atoms with Gasteiger partial charge in [0.1, 0.15) is 24.9 Å². The van der Waals surface area contributed by atoms with E-state index in [9.17, 15) is 29.1 Å². The van der Waals surface area contributed by atoms with E-state index in [0.717, 1.165) is 0 Å². The van der Waals surface area contributed by atoms with Gasteiger partial charge < -0.3 is 25.6 Å². The third-order valence-electron chi connectivity index (χ3n) is 3.36. The molecule has 0 aromatic carbocycles. The summed E-state index contributed by atoms with van der Waals surface area (Å²) >= 11 is 3.92. The molecule has 3 atom stereocenters. The summed E-state index contributed by atoms with van der Waals surface area (Å²) in [6, 6.07) is -2.25. The molecule has 1 unspecified atom stereocenters. The lowest BCUT2D eigenvalue weighted by atomic mass is 10.0. The molecule has 0 aromatic rings. The van der Waals surface area contributed by atoms with Crippen LogP contribution in [-0.2, 0) is 24.0 Å². The number of thiol groups is 1. The lowest BCUT2D eigenvalue weighted by Gasteiger charge is -2.25. The predicted octanol–water partition coefficient (Wildman–Crippen LogP) is -1.43. The van der Waals surface area contributed by atoms with Crippen molar-refractivity contribution in [3.05, 3.63) is 12.7 Å². The van der Waals surface area contributed by atoms with E-state index < -0.39 is 47.9 Å². The fourth-order valence-electron chi connectivity index (χ4n) is 1.80. The van der Waals surface area contributed by atoms with Gasteiger partial charge in [-0.05, 0) is 13.3 Å². The monoisotopic (exact) mass is 389 g/mol. The smallest absolute Gasteiger partial charge is 0.322 e. The summed E-state index contributed by atoms with van der Waals surface area (Å²) < 4.78 is 0. The second-order valence-corrected chi connectivity index (χ2v) is 5.96. The molecule has 5 N–H and O–H groups in total. The second kappa shape index (κ2) is 11.3. The molecule has 0 saturated carbocycles. The number of carbonyl (C=O) groups is 5. The van der Waals surface area contributed by atoms with E-state index in [2.05, 4.69) is 35.2 Å². The molecule has 0 aromatic heterocycles. The van der Waals surface area contributed by atoms with Crippen molar-refractivity contribution in [1.82, 2.24) is 16.0 Å². The Morgan fingerprint density at radius 3 is 2.27 bits per heavy atom. The number of amides is 2. The molecule has 0 fully saturated rings. The second-order valence-electron chi connectivity index (χ2n) is 5.59. The molecule has 0 rings (SSSR count). The third-order valence-corrected chi connectivity index (χ3v) is 3.73. The van der Waals surface area contributed by atoms with Crippen molar-refractivity contribution in [3.63, 3.8) is 0 Å². The summed E-state index contributed by atoms with van der Waals surface area (Å²) in [5.41, 5.74) is -1.26. The average molecular weight is 389 g/mol. The number of hydrogen-bond acceptors (Lipinski definition) is 7. The molecular weight excluding hydrogens is 366 g/mol. The molecule has 0 aliphatic carbocycles. The van der Waals surface area contributed by atoms with E-state index >= 15 is 0 Å². The zero-order chi connectivity index (χ0) is 20.3. The van der Waals surface area contributed by atoms with Crippen LogP contribution < -0.4 is 16.0 Å². The number of aliphatic carboxylic acids is 2. The number of rotatable bonds is 13. The van der Waals surface area contributed by atoms with Gasteiger partial charge in [-0.15, -0.1) is 6.58 Å². The quantitative estimate of drug-likeness (QED) is 0.127. The Bertz CT molecular complexity index is 559. The number of hydrogen-bond donors (Lipinski definition) is 6. The summed E-state index contributed by atoms with van der Waals surface area (Å²) in [4.78, 5) is 56.4. The van der Waals surface area contributed by atoms with Gasteiger partial charge in [-0.3, -0.25) is 24.5 Å². The molecule has 11 heteroatoms. The molecule has 0 aliphatic heterocycles. The zero-order valence-corrected chi connectivity index (χ0v) is 15.1. The Hall–Kier alpha value is -2.40. The van der Waals surface area contributed by atoms with Crippen LogP contribution in [0.25, 0.3) is 0 Å². The minimum atomic E-state index is -1.26. The molecule has 0 bridgehead atoms. The highest BCUT2D eigenvalue weighted by Gasteiger charge is 2.28. The van der Waals surface area contributed by atoms with E-state index in [4.69, 9.17) is 5.11 Å². The van der Waals surface area contributed by atoms with E-state index in [-0.39, 0.29) is 18.6 Å². The minimum absolute atomic E-state index is 0.0719. The SMILES string of the molecule is C=CC(C)(C=O)N[C@@H](CCC(=O)N[C@@H](CS)C(=O)NCC(=O)O)C(=O)O. The van der Waals surface area contributed by atoms with Crippen LogP contribution in [0.2, 0.25) is 0 Å². The first-order valence-electron chi connectivity index (χ1n) is 7.58. The molecule has 2 amide bonds. The zero-order valence-electron chi connectivity index (χ0n) is 14.2. The summed E-state index contributed by atoms with van der Waals surface area (Å²) in [5.74, 6) is -3.90. The number of nitrogens with one attached hydrogen (secondary N) is 3. The highest BCUT2D eigenvalue weighted by molar-refractivity contribution is 7.80. The number of carboxylic acids is 2. The molecule has 0 saturated heterocycles. The Labute approximate surface area is 155 Å². The highest BCUT2D eigenvalue weighted by Crippen LogP contribution is 2.07. The van der Waals surface area contributed by atoms with E-state index in [1.54, 1.807) is 0 Å². The number of aldehydes is 1. The fraction of sp³-hybridized carbons (Fsp3) is 0.533. The van der Waals surface area contributed by atoms with Gasteiger partial charge in [-0.2, -0.15) is 12.6 Å². The summed E-state index contributed by atoms with van der Waals surface area (Å²) in [7, 11) is 0. The Balaban J connectivity index is 4.69. The molecule has 10 nitrogen and oxygen atoms in total. The lowest BCUT2D eigenvalue weighted by molar-refractivity contribution is -0.140. The van der Waals surface area contributed by atoms with Gasteiger partial charge in [0.2, 0.25) is 11.8 Å². The Morgan fingerprint density at radius 2 is 1.85 bits per heavy atom. The highest BCUT2D eigenvalue weighted by atomic mass is 32.1. The van der Waals surface area contributed by atoms with Gasteiger partial charge in [-0.1, -0.05) is 6.08 Å². The fourth-order valence-corrected chi connectivity index (χ4v) is 2.05. The van der Waals surface area contributed by atoms with Crippen molar-refractivity contribution in [1.29, 1.82) is 0 Å². The first-order chi connectivity index (χ1) is 12.1. The van der Waals surface area contributed by atoms with Crippen molar-refractivity contribution in [2.75, 3.05) is 12.3 Å². The summed E-state index contributed by atoms with van der Waals surface area (Å²) in [6.45, 7) is 4.29. The molecule has 0 spiro atoms. The molecule has 0 aliphatic rings. The van der Waals surface area contributed by atoms with Gasteiger partial charge in [0, 0.05) is 12.2 Å². The van der Waals surface area contributed by atoms with Crippen molar-refractivity contribution in [3.8, 4) is 0 Å². The number of carbonyl (C=O) groups excluding carboxylic acids is 3. The number of carboxylic acid groups (broad SMARTS) is 2.